The number of nitrogens with zero attached hydrogens (tertiary/aromatic N) is 1. The zero-order valence-electron chi connectivity index (χ0n) is 15.1. The fraction of sp³-hybridized carbons (Fsp3) is 0.750. The van der Waals surface area contributed by atoms with Gasteiger partial charge in [-0.1, -0.05) is 38.2 Å². The first-order valence-corrected chi connectivity index (χ1v) is 10.7. The molecule has 1 unspecified atom stereocenters. The molecule has 3 aliphatic heterocycles. The van der Waals surface area contributed by atoms with Crippen molar-refractivity contribution in [3.05, 3.63) is 22.4 Å². The fourth-order valence-corrected chi connectivity index (χ4v) is 6.06. The van der Waals surface area contributed by atoms with E-state index in [-0.39, 0.29) is 12.0 Å². The normalized spacial score (nSPS) is 35.3. The summed E-state index contributed by atoms with van der Waals surface area (Å²) in [4.78, 5) is 13.8. The quantitative estimate of drug-likeness (QED) is 0.610. The maximum Gasteiger partial charge on any atom is 0.301 e. The molecular formula is C20H29NO3S. The molecule has 4 heterocycles. The Hall–Kier alpha value is -0.910. The molecule has 0 N–H and O–H groups in total. The van der Waals surface area contributed by atoms with Crippen molar-refractivity contribution in [2.45, 2.75) is 56.7 Å². The van der Waals surface area contributed by atoms with Crippen molar-refractivity contribution in [2.24, 2.45) is 11.8 Å². The summed E-state index contributed by atoms with van der Waals surface area (Å²) < 4.78 is 6.96. The summed E-state index contributed by atoms with van der Waals surface area (Å²) in [6, 6.07) is 3.71. The number of fused-ring (bicyclic) bond motifs is 3. The third-order valence-electron chi connectivity index (χ3n) is 6.85. The van der Waals surface area contributed by atoms with Gasteiger partial charge in [-0.05, 0) is 17.4 Å². The van der Waals surface area contributed by atoms with Gasteiger partial charge in [0.25, 0.3) is 0 Å². The first-order valence-electron chi connectivity index (χ1n) is 9.80. The number of hydrogen-bond acceptors (Lipinski definition) is 4. The van der Waals surface area contributed by atoms with Gasteiger partial charge in [-0.3, -0.25) is 4.79 Å². The number of esters is 1. The highest BCUT2D eigenvalue weighted by Gasteiger charge is 2.47. The van der Waals surface area contributed by atoms with Gasteiger partial charge in [-0.2, -0.15) is 0 Å². The molecular weight excluding hydrogens is 334 g/mol. The molecule has 25 heavy (non-hydrogen) atoms. The Bertz CT molecular complexity index is 602. The zero-order chi connectivity index (χ0) is 17.5. The molecule has 5 heteroatoms. The molecule has 2 atom stereocenters. The van der Waals surface area contributed by atoms with Gasteiger partial charge in [0.15, 0.2) is 6.10 Å². The number of thiophene rings is 1. The van der Waals surface area contributed by atoms with Crippen LogP contribution >= 0.6 is 11.3 Å². The Morgan fingerprint density at radius 1 is 1.24 bits per heavy atom. The molecule has 1 aliphatic carbocycles. The van der Waals surface area contributed by atoms with Gasteiger partial charge in [0, 0.05) is 29.2 Å². The maximum absolute atomic E-state index is 13.9. The number of piperidine rings is 3. The van der Waals surface area contributed by atoms with Crippen LogP contribution in [0.4, 0.5) is 0 Å². The van der Waals surface area contributed by atoms with E-state index in [0.717, 1.165) is 49.6 Å². The van der Waals surface area contributed by atoms with E-state index >= 15 is 0 Å². The Kier molecular flexibility index (Phi) is 4.67. The highest BCUT2D eigenvalue weighted by molar-refractivity contribution is 7.10. The number of ether oxygens (including phenoxy) is 1. The highest BCUT2D eigenvalue weighted by atomic mass is 32.1. The molecule has 0 amide bonds. The Labute approximate surface area is 154 Å². The molecule has 4 aliphatic rings. The van der Waals surface area contributed by atoms with Gasteiger partial charge in [0.05, 0.1) is 20.1 Å². The average molecular weight is 364 g/mol. The third kappa shape index (κ3) is 3.15. The number of hydrogen-bond donors (Lipinski definition) is 0. The van der Waals surface area contributed by atoms with Crippen LogP contribution in [0, 0.1) is 11.8 Å². The molecule has 3 saturated heterocycles. The smallest absolute Gasteiger partial charge is 0.301 e. The number of quaternary nitrogens is 1. The van der Waals surface area contributed by atoms with E-state index in [1.807, 2.05) is 17.5 Å². The van der Waals surface area contributed by atoms with Crippen molar-refractivity contribution in [2.75, 3.05) is 26.7 Å². The predicted octanol–water partition coefficient (Wildman–Crippen LogP) is 2.67. The molecule has 1 saturated carbocycles. The molecule has 1 aromatic heterocycles. The highest BCUT2D eigenvalue weighted by Crippen LogP contribution is 2.41. The minimum Gasteiger partial charge on any atom is -0.837 e. The summed E-state index contributed by atoms with van der Waals surface area (Å²) >= 11 is 1.41. The molecule has 1 aromatic rings. The summed E-state index contributed by atoms with van der Waals surface area (Å²) in [5.41, 5.74) is -1.71. The fourth-order valence-electron chi connectivity index (χ4n) is 5.17. The van der Waals surface area contributed by atoms with E-state index in [2.05, 4.69) is 7.05 Å². The van der Waals surface area contributed by atoms with Crippen molar-refractivity contribution in [1.82, 2.24) is 0 Å². The van der Waals surface area contributed by atoms with Gasteiger partial charge >= 0.3 is 5.97 Å². The topological polar surface area (TPSA) is 49.4 Å². The molecule has 2 bridgehead atoms. The minimum atomic E-state index is -1.71. The Balaban J connectivity index is 1.56. The number of likely N-dealkylation sites (N-methyl/N-ethyl adjacent to an activating group) is 1. The van der Waals surface area contributed by atoms with E-state index in [9.17, 15) is 9.90 Å². The van der Waals surface area contributed by atoms with Crippen LogP contribution in [0.5, 0.6) is 0 Å². The van der Waals surface area contributed by atoms with Gasteiger partial charge < -0.3 is 14.3 Å². The lowest BCUT2D eigenvalue weighted by Gasteiger charge is -2.51. The summed E-state index contributed by atoms with van der Waals surface area (Å²) in [5, 5.41) is 15.8. The van der Waals surface area contributed by atoms with Crippen LogP contribution in [-0.4, -0.2) is 43.2 Å². The van der Waals surface area contributed by atoms with E-state index in [0.29, 0.717) is 10.8 Å². The molecule has 4 nitrogen and oxygen atoms in total. The predicted molar refractivity (Wildman–Crippen MR) is 96.0 cm³/mol. The first kappa shape index (κ1) is 17.5. The monoisotopic (exact) mass is 363 g/mol. The van der Waals surface area contributed by atoms with E-state index in [1.165, 1.54) is 30.8 Å². The molecule has 4 fully saturated rings. The molecule has 138 valence electrons. The van der Waals surface area contributed by atoms with E-state index in [4.69, 9.17) is 4.74 Å². The van der Waals surface area contributed by atoms with Gasteiger partial charge in [0.2, 0.25) is 0 Å². The third-order valence-corrected chi connectivity index (χ3v) is 7.84. The van der Waals surface area contributed by atoms with Gasteiger partial charge in [-0.25, -0.2) is 0 Å². The Morgan fingerprint density at radius 3 is 2.56 bits per heavy atom. The molecule has 5 rings (SSSR count). The van der Waals surface area contributed by atoms with Gasteiger partial charge in [0.1, 0.15) is 6.54 Å². The molecule has 0 spiro atoms. The van der Waals surface area contributed by atoms with Crippen LogP contribution in [0.25, 0.3) is 0 Å². The number of rotatable bonds is 4. The van der Waals surface area contributed by atoms with Crippen LogP contribution in [0.15, 0.2) is 17.5 Å². The van der Waals surface area contributed by atoms with Crippen molar-refractivity contribution in [3.63, 3.8) is 0 Å². The second kappa shape index (κ2) is 6.67. The first-order chi connectivity index (χ1) is 12.0. The second-order valence-electron chi connectivity index (χ2n) is 8.58. The van der Waals surface area contributed by atoms with Crippen LogP contribution < -0.4 is 5.11 Å². The van der Waals surface area contributed by atoms with Gasteiger partial charge in [-0.15, -0.1) is 11.3 Å². The van der Waals surface area contributed by atoms with Crippen LogP contribution in [0.3, 0.4) is 0 Å². The molecule has 0 radical (unpaired) electrons. The largest absolute Gasteiger partial charge is 0.837 e. The Morgan fingerprint density at radius 2 is 1.96 bits per heavy atom. The van der Waals surface area contributed by atoms with Crippen LogP contribution in [-0.2, 0) is 15.1 Å². The second-order valence-corrected chi connectivity index (χ2v) is 9.53. The lowest BCUT2D eigenvalue weighted by Crippen LogP contribution is -2.64. The lowest BCUT2D eigenvalue weighted by atomic mass is 9.76. The summed E-state index contributed by atoms with van der Waals surface area (Å²) in [5.74, 6) is -0.187. The number of carbonyl (C=O) groups excluding carboxylic acids is 1. The SMILES string of the molecule is C[N+]12CCC(CC1)[C@@H](OC(=O)C([O-])(c1cccs1)C1CCCCC1)C2. The standard InChI is InChI=1S/C20H29NO3S/c1-21-11-9-15(10-12-21)17(14-21)24-19(22)20(23,18-8-5-13-25-18)16-6-3-2-4-7-16/h5,8,13,15-17H,2-4,6-7,9-12,14H2,1H3/t15?,17-,20?,21?/m0/s1. The average Bonchev–Trinajstić information content (AvgIpc) is 3.17. The summed E-state index contributed by atoms with van der Waals surface area (Å²) in [7, 11) is 2.25. The van der Waals surface area contributed by atoms with Crippen LogP contribution in [0.2, 0.25) is 0 Å². The summed E-state index contributed by atoms with van der Waals surface area (Å²) in [6.07, 6.45) is 7.12. The van der Waals surface area contributed by atoms with Crippen LogP contribution in [0.1, 0.15) is 49.8 Å². The lowest BCUT2D eigenvalue weighted by molar-refractivity contribution is -0.928. The van der Waals surface area contributed by atoms with E-state index < -0.39 is 11.6 Å². The number of carbonyl (C=O) groups is 1. The van der Waals surface area contributed by atoms with Crippen molar-refractivity contribution in [1.29, 1.82) is 0 Å². The van der Waals surface area contributed by atoms with E-state index in [1.54, 1.807) is 0 Å². The zero-order valence-corrected chi connectivity index (χ0v) is 15.9. The minimum absolute atomic E-state index is 0.0723. The summed E-state index contributed by atoms with van der Waals surface area (Å²) in [6.45, 7) is 3.23. The molecule has 0 aromatic carbocycles. The van der Waals surface area contributed by atoms with Crippen molar-refractivity contribution < 1.29 is 19.1 Å². The maximum atomic E-state index is 13.9. The van der Waals surface area contributed by atoms with Crippen molar-refractivity contribution >= 4 is 17.3 Å². The van der Waals surface area contributed by atoms with Crippen molar-refractivity contribution in [3.8, 4) is 0 Å².